The van der Waals surface area contributed by atoms with Crippen LogP contribution in [0.1, 0.15) is 50.2 Å². The number of esters is 1. The predicted octanol–water partition coefficient (Wildman–Crippen LogP) is 3.74. The highest BCUT2D eigenvalue weighted by Gasteiger charge is 2.42. The SMILES string of the molecule is CCOC(=O)C1C(C)=NC2=C(C(=O)CCC2)[C@@H]1c1cccc(C)c1. The van der Waals surface area contributed by atoms with Crippen molar-refractivity contribution in [2.24, 2.45) is 10.9 Å². The summed E-state index contributed by atoms with van der Waals surface area (Å²) >= 11 is 0. The number of benzene rings is 1. The number of rotatable bonds is 3. The summed E-state index contributed by atoms with van der Waals surface area (Å²) in [4.78, 5) is 29.9. The van der Waals surface area contributed by atoms with E-state index in [1.807, 2.05) is 32.0 Å². The normalized spacial score (nSPS) is 23.6. The second-order valence-corrected chi connectivity index (χ2v) is 6.51. The molecule has 0 fully saturated rings. The van der Waals surface area contributed by atoms with Crippen molar-refractivity contribution in [3.63, 3.8) is 0 Å². The molecule has 2 aliphatic rings. The molecule has 4 heteroatoms. The lowest BCUT2D eigenvalue weighted by molar-refractivity contribution is -0.146. The van der Waals surface area contributed by atoms with Crippen molar-refractivity contribution in [3.8, 4) is 0 Å². The van der Waals surface area contributed by atoms with Gasteiger partial charge in [0, 0.05) is 29.3 Å². The van der Waals surface area contributed by atoms with Crippen LogP contribution in [0.4, 0.5) is 0 Å². The monoisotopic (exact) mass is 325 g/mol. The van der Waals surface area contributed by atoms with Crippen LogP contribution in [0.25, 0.3) is 0 Å². The number of hydrogen-bond donors (Lipinski definition) is 0. The standard InChI is InChI=1S/C20H23NO3/c1-4-24-20(23)17-13(3)21-15-9-6-10-16(22)19(15)18(17)14-8-5-7-12(2)11-14/h5,7-8,11,17-18H,4,6,9-10H2,1-3H3/t17?,18-/m1/s1. The molecule has 1 aromatic rings. The molecule has 1 aliphatic heterocycles. The first-order chi connectivity index (χ1) is 11.5. The van der Waals surface area contributed by atoms with Crippen molar-refractivity contribution in [2.45, 2.75) is 46.0 Å². The lowest BCUT2D eigenvalue weighted by atomic mass is 9.71. The summed E-state index contributed by atoms with van der Waals surface area (Å²) in [6, 6.07) is 8.04. The van der Waals surface area contributed by atoms with E-state index < -0.39 is 5.92 Å². The highest BCUT2D eigenvalue weighted by Crippen LogP contribution is 2.43. The number of allylic oxidation sites excluding steroid dienone is 2. The van der Waals surface area contributed by atoms with Crippen LogP contribution in [-0.2, 0) is 14.3 Å². The van der Waals surface area contributed by atoms with Gasteiger partial charge < -0.3 is 4.74 Å². The van der Waals surface area contributed by atoms with E-state index in [9.17, 15) is 9.59 Å². The first-order valence-electron chi connectivity index (χ1n) is 8.57. The van der Waals surface area contributed by atoms with Gasteiger partial charge in [-0.3, -0.25) is 14.6 Å². The molecular formula is C20H23NO3. The Kier molecular flexibility index (Phi) is 4.65. The fourth-order valence-corrected chi connectivity index (χ4v) is 3.77. The minimum absolute atomic E-state index is 0.119. The Labute approximate surface area is 142 Å². The zero-order chi connectivity index (χ0) is 17.3. The average molecular weight is 325 g/mol. The van der Waals surface area contributed by atoms with Crippen molar-refractivity contribution in [1.82, 2.24) is 0 Å². The van der Waals surface area contributed by atoms with Gasteiger partial charge >= 0.3 is 5.97 Å². The van der Waals surface area contributed by atoms with Crippen LogP contribution in [0.2, 0.25) is 0 Å². The number of ketones is 1. The highest BCUT2D eigenvalue weighted by molar-refractivity contribution is 6.08. The van der Waals surface area contributed by atoms with E-state index in [4.69, 9.17) is 4.74 Å². The van der Waals surface area contributed by atoms with Gasteiger partial charge in [-0.05, 0) is 39.2 Å². The molecule has 126 valence electrons. The molecule has 1 aliphatic carbocycles. The molecule has 1 unspecified atom stereocenters. The van der Waals surface area contributed by atoms with Crippen molar-refractivity contribution >= 4 is 17.5 Å². The number of carbonyl (C=O) groups is 2. The first kappa shape index (κ1) is 16.6. The topological polar surface area (TPSA) is 55.7 Å². The molecule has 0 amide bonds. The van der Waals surface area contributed by atoms with E-state index in [2.05, 4.69) is 11.1 Å². The molecule has 0 aromatic heterocycles. The second-order valence-electron chi connectivity index (χ2n) is 6.51. The Bertz CT molecular complexity index is 745. The number of hydrogen-bond acceptors (Lipinski definition) is 4. The van der Waals surface area contributed by atoms with E-state index >= 15 is 0 Å². The third-order valence-electron chi connectivity index (χ3n) is 4.78. The molecule has 1 heterocycles. The third kappa shape index (κ3) is 2.93. The number of ether oxygens (including phenoxy) is 1. The third-order valence-corrected chi connectivity index (χ3v) is 4.78. The molecule has 0 spiro atoms. The van der Waals surface area contributed by atoms with Gasteiger partial charge in [-0.2, -0.15) is 0 Å². The van der Waals surface area contributed by atoms with E-state index in [0.29, 0.717) is 13.0 Å². The lowest BCUT2D eigenvalue weighted by Crippen LogP contribution is -2.37. The van der Waals surface area contributed by atoms with Gasteiger partial charge in [0.2, 0.25) is 0 Å². The zero-order valence-electron chi connectivity index (χ0n) is 14.5. The Hall–Kier alpha value is -2.23. The van der Waals surface area contributed by atoms with E-state index in [0.717, 1.165) is 41.0 Å². The molecule has 3 rings (SSSR count). The predicted molar refractivity (Wildman–Crippen MR) is 93.0 cm³/mol. The van der Waals surface area contributed by atoms with Crippen molar-refractivity contribution in [3.05, 3.63) is 46.7 Å². The van der Waals surface area contributed by atoms with Crippen LogP contribution < -0.4 is 0 Å². The van der Waals surface area contributed by atoms with Gasteiger partial charge in [0.05, 0.1) is 6.61 Å². The average Bonchev–Trinajstić information content (AvgIpc) is 2.54. The summed E-state index contributed by atoms with van der Waals surface area (Å²) in [5, 5.41) is 0. The molecule has 24 heavy (non-hydrogen) atoms. The number of aryl methyl sites for hydroxylation is 1. The molecule has 0 saturated heterocycles. The molecule has 0 saturated carbocycles. The van der Waals surface area contributed by atoms with E-state index in [1.165, 1.54) is 0 Å². The number of carbonyl (C=O) groups excluding carboxylic acids is 2. The number of Topliss-reactive ketones (excluding diaryl/α,β-unsaturated/α-hetero) is 1. The molecule has 2 atom stereocenters. The van der Waals surface area contributed by atoms with E-state index in [-0.39, 0.29) is 17.7 Å². The summed E-state index contributed by atoms with van der Waals surface area (Å²) < 4.78 is 5.30. The van der Waals surface area contributed by atoms with Crippen LogP contribution in [-0.4, -0.2) is 24.1 Å². The fraction of sp³-hybridized carbons (Fsp3) is 0.450. The Morgan fingerprint density at radius 2 is 2.08 bits per heavy atom. The van der Waals surface area contributed by atoms with Gasteiger partial charge in [0.15, 0.2) is 5.78 Å². The number of aliphatic imine (C=N–C) groups is 1. The van der Waals surface area contributed by atoms with Crippen LogP contribution in [0.3, 0.4) is 0 Å². The summed E-state index contributed by atoms with van der Waals surface area (Å²) in [6.45, 7) is 6.01. The largest absolute Gasteiger partial charge is 0.465 e. The Balaban J connectivity index is 2.15. The maximum absolute atomic E-state index is 12.7. The summed E-state index contributed by atoms with van der Waals surface area (Å²) in [5.74, 6) is -0.986. The maximum atomic E-state index is 12.7. The summed E-state index contributed by atoms with van der Waals surface area (Å²) in [5.41, 5.74) is 4.42. The quantitative estimate of drug-likeness (QED) is 0.796. The van der Waals surface area contributed by atoms with Crippen LogP contribution in [0.15, 0.2) is 40.5 Å². The minimum Gasteiger partial charge on any atom is -0.465 e. The molecule has 0 N–H and O–H groups in total. The molecular weight excluding hydrogens is 302 g/mol. The molecule has 4 nitrogen and oxygen atoms in total. The van der Waals surface area contributed by atoms with Crippen molar-refractivity contribution < 1.29 is 14.3 Å². The smallest absolute Gasteiger partial charge is 0.315 e. The molecule has 1 aromatic carbocycles. The zero-order valence-corrected chi connectivity index (χ0v) is 14.5. The van der Waals surface area contributed by atoms with Gasteiger partial charge in [-0.1, -0.05) is 29.8 Å². The molecule has 0 radical (unpaired) electrons. The molecule has 0 bridgehead atoms. The maximum Gasteiger partial charge on any atom is 0.315 e. The van der Waals surface area contributed by atoms with Crippen molar-refractivity contribution in [2.75, 3.05) is 6.61 Å². The Morgan fingerprint density at radius 3 is 2.79 bits per heavy atom. The van der Waals surface area contributed by atoms with E-state index in [1.54, 1.807) is 6.92 Å². The van der Waals surface area contributed by atoms with Crippen LogP contribution >= 0.6 is 0 Å². The van der Waals surface area contributed by atoms with Gasteiger partial charge in [-0.15, -0.1) is 0 Å². The van der Waals surface area contributed by atoms with Gasteiger partial charge in [0.25, 0.3) is 0 Å². The van der Waals surface area contributed by atoms with Crippen LogP contribution in [0.5, 0.6) is 0 Å². The second kappa shape index (κ2) is 6.71. The van der Waals surface area contributed by atoms with Crippen LogP contribution in [0, 0.1) is 12.8 Å². The Morgan fingerprint density at radius 1 is 1.29 bits per heavy atom. The highest BCUT2D eigenvalue weighted by atomic mass is 16.5. The lowest BCUT2D eigenvalue weighted by Gasteiger charge is -2.34. The summed E-state index contributed by atoms with van der Waals surface area (Å²) in [6.07, 6.45) is 2.17. The van der Waals surface area contributed by atoms with Gasteiger partial charge in [0.1, 0.15) is 5.92 Å². The summed E-state index contributed by atoms with van der Waals surface area (Å²) in [7, 11) is 0. The minimum atomic E-state index is -0.521. The number of nitrogens with zero attached hydrogens (tertiary/aromatic N) is 1. The van der Waals surface area contributed by atoms with Gasteiger partial charge in [-0.25, -0.2) is 0 Å². The van der Waals surface area contributed by atoms with Crippen molar-refractivity contribution in [1.29, 1.82) is 0 Å². The fourth-order valence-electron chi connectivity index (χ4n) is 3.77. The first-order valence-corrected chi connectivity index (χ1v) is 8.57.